The summed E-state index contributed by atoms with van der Waals surface area (Å²) in [5.41, 5.74) is 1.91. The van der Waals surface area contributed by atoms with Gasteiger partial charge in [-0.1, -0.05) is 19.9 Å². The van der Waals surface area contributed by atoms with Gasteiger partial charge < -0.3 is 15.4 Å². The first kappa shape index (κ1) is 17.0. The number of nitrogens with one attached hydrogen (secondary N) is 2. The lowest BCUT2D eigenvalue weighted by molar-refractivity contribution is 0.108. The van der Waals surface area contributed by atoms with Crippen LogP contribution in [-0.2, 0) is 4.74 Å². The Labute approximate surface area is 129 Å². The number of aryl methyl sites for hydroxylation is 1. The van der Waals surface area contributed by atoms with Gasteiger partial charge in [-0.3, -0.25) is 0 Å². The van der Waals surface area contributed by atoms with E-state index in [1.165, 1.54) is 0 Å². The zero-order valence-electron chi connectivity index (χ0n) is 12.3. The van der Waals surface area contributed by atoms with Gasteiger partial charge in [0, 0.05) is 24.2 Å². The van der Waals surface area contributed by atoms with Crippen molar-refractivity contribution in [2.24, 2.45) is 5.92 Å². The second-order valence-corrected chi connectivity index (χ2v) is 6.04. The zero-order valence-corrected chi connectivity index (χ0v) is 13.9. The number of halogens is 1. The number of carbonyl (C=O) groups is 1. The molecule has 0 aromatic heterocycles. The van der Waals surface area contributed by atoms with Crippen molar-refractivity contribution in [2.75, 3.05) is 25.1 Å². The van der Waals surface area contributed by atoms with E-state index in [2.05, 4.69) is 40.4 Å². The minimum absolute atomic E-state index is 0.196. The first-order valence-electron chi connectivity index (χ1n) is 6.87. The van der Waals surface area contributed by atoms with E-state index in [9.17, 15) is 4.79 Å². The molecule has 1 aromatic rings. The van der Waals surface area contributed by atoms with Gasteiger partial charge in [-0.15, -0.1) is 0 Å². The number of hydrogen-bond acceptors (Lipinski definition) is 2. The van der Waals surface area contributed by atoms with E-state index in [4.69, 9.17) is 4.74 Å². The summed E-state index contributed by atoms with van der Waals surface area (Å²) in [6.07, 6.45) is 0.815. The standard InChI is InChI=1S/C15H23BrN2O2/c1-11(2)10-20-8-4-7-17-15(19)18-14-6-5-12(3)9-13(14)16/h5-6,9,11H,4,7-8,10H2,1-3H3,(H2,17,18,19). The van der Waals surface area contributed by atoms with E-state index >= 15 is 0 Å². The zero-order chi connectivity index (χ0) is 15.0. The average molecular weight is 343 g/mol. The molecule has 2 N–H and O–H groups in total. The number of anilines is 1. The molecule has 0 saturated heterocycles. The highest BCUT2D eigenvalue weighted by Crippen LogP contribution is 2.23. The fourth-order valence-electron chi connectivity index (χ4n) is 1.58. The van der Waals surface area contributed by atoms with Crippen LogP contribution in [0.4, 0.5) is 10.5 Å². The minimum Gasteiger partial charge on any atom is -0.381 e. The van der Waals surface area contributed by atoms with Gasteiger partial charge >= 0.3 is 6.03 Å². The minimum atomic E-state index is -0.196. The third kappa shape index (κ3) is 6.91. The summed E-state index contributed by atoms with van der Waals surface area (Å²) >= 11 is 3.43. The highest BCUT2D eigenvalue weighted by molar-refractivity contribution is 9.10. The van der Waals surface area contributed by atoms with Gasteiger partial charge in [0.2, 0.25) is 0 Å². The monoisotopic (exact) mass is 342 g/mol. The predicted octanol–water partition coefficient (Wildman–Crippen LogP) is 3.94. The smallest absolute Gasteiger partial charge is 0.319 e. The third-order valence-corrected chi connectivity index (χ3v) is 3.23. The van der Waals surface area contributed by atoms with E-state index in [-0.39, 0.29) is 6.03 Å². The fraction of sp³-hybridized carbons (Fsp3) is 0.533. The molecular weight excluding hydrogens is 320 g/mol. The van der Waals surface area contributed by atoms with Crippen molar-refractivity contribution in [3.8, 4) is 0 Å². The van der Waals surface area contributed by atoms with Gasteiger partial charge in [0.05, 0.1) is 5.69 Å². The first-order valence-corrected chi connectivity index (χ1v) is 7.67. The van der Waals surface area contributed by atoms with Gasteiger partial charge in [0.15, 0.2) is 0 Å². The van der Waals surface area contributed by atoms with Crippen molar-refractivity contribution in [1.82, 2.24) is 5.32 Å². The molecule has 1 aromatic carbocycles. The van der Waals surface area contributed by atoms with Crippen molar-refractivity contribution < 1.29 is 9.53 Å². The van der Waals surface area contributed by atoms with E-state index in [0.717, 1.165) is 28.8 Å². The first-order chi connectivity index (χ1) is 9.49. The molecule has 4 nitrogen and oxygen atoms in total. The number of carbonyl (C=O) groups excluding carboxylic acids is 1. The third-order valence-electron chi connectivity index (χ3n) is 2.57. The summed E-state index contributed by atoms with van der Waals surface area (Å²) in [4.78, 5) is 11.7. The van der Waals surface area contributed by atoms with Gasteiger partial charge in [-0.2, -0.15) is 0 Å². The molecule has 0 aliphatic carbocycles. The van der Waals surface area contributed by atoms with E-state index in [1.807, 2.05) is 25.1 Å². The normalized spacial score (nSPS) is 10.7. The molecule has 0 radical (unpaired) electrons. The maximum atomic E-state index is 11.7. The molecular formula is C15H23BrN2O2. The number of benzene rings is 1. The highest BCUT2D eigenvalue weighted by atomic mass is 79.9. The van der Waals surface area contributed by atoms with Crippen molar-refractivity contribution >= 4 is 27.6 Å². The summed E-state index contributed by atoms with van der Waals surface area (Å²) in [6, 6.07) is 5.61. The Bertz CT molecular complexity index is 436. The molecule has 0 fully saturated rings. The molecule has 0 unspecified atom stereocenters. The van der Waals surface area contributed by atoms with Gasteiger partial charge in [-0.05, 0) is 52.9 Å². The highest BCUT2D eigenvalue weighted by Gasteiger charge is 2.04. The van der Waals surface area contributed by atoms with Crippen LogP contribution in [-0.4, -0.2) is 25.8 Å². The summed E-state index contributed by atoms with van der Waals surface area (Å²) in [5, 5.41) is 5.62. The van der Waals surface area contributed by atoms with E-state index in [0.29, 0.717) is 19.1 Å². The van der Waals surface area contributed by atoms with Crippen LogP contribution < -0.4 is 10.6 Å². The van der Waals surface area contributed by atoms with E-state index < -0.39 is 0 Å². The Morgan fingerprint density at radius 2 is 2.15 bits per heavy atom. The molecule has 0 aliphatic rings. The molecule has 0 heterocycles. The second kappa shape index (κ2) is 8.97. The Balaban J connectivity index is 2.20. The number of urea groups is 1. The summed E-state index contributed by atoms with van der Waals surface area (Å²) in [6.45, 7) is 8.28. The molecule has 0 atom stereocenters. The van der Waals surface area contributed by atoms with Crippen LogP contribution in [0.5, 0.6) is 0 Å². The van der Waals surface area contributed by atoms with Crippen LogP contribution in [0.2, 0.25) is 0 Å². The average Bonchev–Trinajstić information content (AvgIpc) is 2.36. The van der Waals surface area contributed by atoms with Crippen molar-refractivity contribution in [1.29, 1.82) is 0 Å². The molecule has 20 heavy (non-hydrogen) atoms. The Morgan fingerprint density at radius 3 is 2.80 bits per heavy atom. The van der Waals surface area contributed by atoms with E-state index in [1.54, 1.807) is 0 Å². The lowest BCUT2D eigenvalue weighted by Crippen LogP contribution is -2.30. The Hall–Kier alpha value is -1.07. The van der Waals surface area contributed by atoms with Crippen LogP contribution >= 0.6 is 15.9 Å². The van der Waals surface area contributed by atoms with Crippen molar-refractivity contribution in [3.05, 3.63) is 28.2 Å². The van der Waals surface area contributed by atoms with Gasteiger partial charge in [0.25, 0.3) is 0 Å². The van der Waals surface area contributed by atoms with Gasteiger partial charge in [-0.25, -0.2) is 4.79 Å². The molecule has 1 rings (SSSR count). The topological polar surface area (TPSA) is 50.4 Å². The summed E-state index contributed by atoms with van der Waals surface area (Å²) in [7, 11) is 0. The number of hydrogen-bond donors (Lipinski definition) is 2. The summed E-state index contributed by atoms with van der Waals surface area (Å²) < 4.78 is 6.33. The molecule has 0 aliphatic heterocycles. The predicted molar refractivity (Wildman–Crippen MR) is 86.2 cm³/mol. The number of amides is 2. The van der Waals surface area contributed by atoms with Crippen LogP contribution in [0.25, 0.3) is 0 Å². The molecule has 2 amide bonds. The van der Waals surface area contributed by atoms with Crippen LogP contribution in [0.15, 0.2) is 22.7 Å². The Kier molecular flexibility index (Phi) is 7.62. The molecule has 0 saturated carbocycles. The largest absolute Gasteiger partial charge is 0.381 e. The number of ether oxygens (including phenoxy) is 1. The lowest BCUT2D eigenvalue weighted by atomic mass is 10.2. The second-order valence-electron chi connectivity index (χ2n) is 5.19. The SMILES string of the molecule is Cc1ccc(NC(=O)NCCCOCC(C)C)c(Br)c1. The van der Waals surface area contributed by atoms with Crippen LogP contribution in [0, 0.1) is 12.8 Å². The maximum Gasteiger partial charge on any atom is 0.319 e. The molecule has 5 heteroatoms. The maximum absolute atomic E-state index is 11.7. The Morgan fingerprint density at radius 1 is 1.40 bits per heavy atom. The summed E-state index contributed by atoms with van der Waals surface area (Å²) in [5.74, 6) is 0.546. The van der Waals surface area contributed by atoms with Crippen LogP contribution in [0.3, 0.4) is 0 Å². The lowest BCUT2D eigenvalue weighted by Gasteiger charge is -2.10. The molecule has 0 spiro atoms. The number of rotatable bonds is 7. The molecule has 112 valence electrons. The fourth-order valence-corrected chi connectivity index (χ4v) is 2.18. The van der Waals surface area contributed by atoms with Crippen molar-refractivity contribution in [3.63, 3.8) is 0 Å². The quantitative estimate of drug-likeness (QED) is 0.737. The van der Waals surface area contributed by atoms with Gasteiger partial charge in [0.1, 0.15) is 0 Å². The molecule has 0 bridgehead atoms. The van der Waals surface area contributed by atoms with Crippen LogP contribution in [0.1, 0.15) is 25.8 Å². The van der Waals surface area contributed by atoms with Crippen molar-refractivity contribution in [2.45, 2.75) is 27.2 Å².